The first-order chi connectivity index (χ1) is 11.2. The Hall–Kier alpha value is -0.810. The van der Waals surface area contributed by atoms with E-state index < -0.39 is 6.10 Å². The number of hydrogen-bond donors (Lipinski definition) is 3. The van der Waals surface area contributed by atoms with Gasteiger partial charge in [-0.25, -0.2) is 0 Å². The number of ether oxygens (including phenoxy) is 1. The lowest BCUT2D eigenvalue weighted by molar-refractivity contribution is 0.0345. The van der Waals surface area contributed by atoms with E-state index in [2.05, 4.69) is 24.5 Å². The third kappa shape index (κ3) is 6.68. The Labute approximate surface area is 141 Å². The quantitative estimate of drug-likeness (QED) is 0.426. The largest absolute Gasteiger partial charge is 0.389 e. The number of aliphatic imine (C=N–C) groups is 1. The second-order valence-electron chi connectivity index (χ2n) is 7.27. The smallest absolute Gasteiger partial charge is 0.191 e. The van der Waals surface area contributed by atoms with E-state index in [9.17, 15) is 5.11 Å². The van der Waals surface area contributed by atoms with Crippen LogP contribution in [0.1, 0.15) is 58.8 Å². The zero-order valence-electron chi connectivity index (χ0n) is 14.9. The molecule has 0 aliphatic heterocycles. The van der Waals surface area contributed by atoms with Gasteiger partial charge in [0.15, 0.2) is 5.96 Å². The number of hydrogen-bond acceptors (Lipinski definition) is 3. The summed E-state index contributed by atoms with van der Waals surface area (Å²) in [5, 5.41) is 16.5. The summed E-state index contributed by atoms with van der Waals surface area (Å²) in [5.41, 5.74) is 0.397. The van der Waals surface area contributed by atoms with Crippen molar-refractivity contribution in [3.8, 4) is 0 Å². The van der Waals surface area contributed by atoms with Crippen LogP contribution in [0.15, 0.2) is 4.99 Å². The van der Waals surface area contributed by atoms with Crippen LogP contribution in [0.3, 0.4) is 0 Å². The van der Waals surface area contributed by atoms with Gasteiger partial charge in [-0.2, -0.15) is 0 Å². The van der Waals surface area contributed by atoms with Gasteiger partial charge in [0.05, 0.1) is 12.7 Å². The molecule has 0 spiro atoms. The van der Waals surface area contributed by atoms with Gasteiger partial charge in [-0.1, -0.05) is 19.8 Å². The number of guanidine groups is 1. The van der Waals surface area contributed by atoms with Crippen molar-refractivity contribution in [2.24, 2.45) is 16.3 Å². The minimum atomic E-state index is -0.482. The number of rotatable bonds is 10. The summed E-state index contributed by atoms with van der Waals surface area (Å²) in [6.07, 6.45) is 8.55. The summed E-state index contributed by atoms with van der Waals surface area (Å²) < 4.78 is 5.54. The zero-order valence-corrected chi connectivity index (χ0v) is 14.9. The predicted molar refractivity (Wildman–Crippen MR) is 94.7 cm³/mol. The van der Waals surface area contributed by atoms with E-state index in [1.807, 2.05) is 0 Å². The molecule has 5 nitrogen and oxygen atoms in total. The molecule has 23 heavy (non-hydrogen) atoms. The lowest BCUT2D eigenvalue weighted by Crippen LogP contribution is -2.43. The maximum atomic E-state index is 10.0. The first-order valence-electron chi connectivity index (χ1n) is 9.45. The average molecular weight is 325 g/mol. The maximum Gasteiger partial charge on any atom is 0.191 e. The molecule has 2 aliphatic rings. The highest BCUT2D eigenvalue weighted by atomic mass is 16.5. The molecule has 3 N–H and O–H groups in total. The Balaban J connectivity index is 1.71. The summed E-state index contributed by atoms with van der Waals surface area (Å²) in [6.45, 7) is 7.74. The molecule has 0 radical (unpaired) electrons. The van der Waals surface area contributed by atoms with Crippen LogP contribution in [0, 0.1) is 11.3 Å². The van der Waals surface area contributed by atoms with Gasteiger partial charge in [0.25, 0.3) is 0 Å². The third-order valence-electron chi connectivity index (χ3n) is 5.20. The molecule has 5 heteroatoms. The fourth-order valence-corrected chi connectivity index (χ4v) is 3.27. The SMILES string of the molecule is CCNC(=NCC1(CC)CCCC1)NCC(O)COCC1CC1. The van der Waals surface area contributed by atoms with Crippen molar-refractivity contribution in [1.29, 1.82) is 0 Å². The van der Waals surface area contributed by atoms with Gasteiger partial charge in [-0.05, 0) is 50.4 Å². The number of nitrogens with zero attached hydrogens (tertiary/aromatic N) is 1. The van der Waals surface area contributed by atoms with Crippen LogP contribution in [0.5, 0.6) is 0 Å². The molecule has 134 valence electrons. The van der Waals surface area contributed by atoms with Crippen molar-refractivity contribution in [1.82, 2.24) is 10.6 Å². The van der Waals surface area contributed by atoms with Crippen LogP contribution in [0.25, 0.3) is 0 Å². The fourth-order valence-electron chi connectivity index (χ4n) is 3.27. The topological polar surface area (TPSA) is 65.9 Å². The van der Waals surface area contributed by atoms with Crippen molar-refractivity contribution in [3.63, 3.8) is 0 Å². The highest BCUT2D eigenvalue weighted by Crippen LogP contribution is 2.41. The monoisotopic (exact) mass is 325 g/mol. The molecular weight excluding hydrogens is 290 g/mol. The van der Waals surface area contributed by atoms with Gasteiger partial charge in [0.2, 0.25) is 0 Å². The fraction of sp³-hybridized carbons (Fsp3) is 0.944. The van der Waals surface area contributed by atoms with E-state index in [0.717, 1.165) is 31.6 Å². The van der Waals surface area contributed by atoms with E-state index in [1.165, 1.54) is 44.9 Å². The van der Waals surface area contributed by atoms with E-state index in [4.69, 9.17) is 9.73 Å². The van der Waals surface area contributed by atoms with Gasteiger partial charge in [0, 0.05) is 26.2 Å². The lowest BCUT2D eigenvalue weighted by atomic mass is 9.84. The first kappa shape index (κ1) is 18.5. The molecule has 2 aliphatic carbocycles. The summed E-state index contributed by atoms with van der Waals surface area (Å²) >= 11 is 0. The second kappa shape index (κ2) is 9.48. The minimum absolute atomic E-state index is 0.397. The molecule has 2 rings (SSSR count). The molecule has 2 saturated carbocycles. The molecule has 2 fully saturated rings. The van der Waals surface area contributed by atoms with Crippen molar-refractivity contribution < 1.29 is 9.84 Å². The van der Waals surface area contributed by atoms with Crippen LogP contribution in [-0.4, -0.2) is 50.0 Å². The Morgan fingerprint density at radius 1 is 1.26 bits per heavy atom. The minimum Gasteiger partial charge on any atom is -0.389 e. The van der Waals surface area contributed by atoms with E-state index in [0.29, 0.717) is 18.6 Å². The molecule has 0 amide bonds. The number of aliphatic hydroxyl groups excluding tert-OH is 1. The zero-order chi connectivity index (χ0) is 16.5. The van der Waals surface area contributed by atoms with Gasteiger partial charge >= 0.3 is 0 Å². The highest BCUT2D eigenvalue weighted by Gasteiger charge is 2.31. The van der Waals surface area contributed by atoms with Crippen LogP contribution in [0.2, 0.25) is 0 Å². The van der Waals surface area contributed by atoms with Gasteiger partial charge < -0.3 is 20.5 Å². The maximum absolute atomic E-state index is 10.0. The Morgan fingerprint density at radius 2 is 2.00 bits per heavy atom. The molecule has 1 atom stereocenters. The van der Waals surface area contributed by atoms with Crippen molar-refractivity contribution in [2.45, 2.75) is 64.9 Å². The average Bonchev–Trinajstić information content (AvgIpc) is 3.26. The van der Waals surface area contributed by atoms with Crippen LogP contribution >= 0.6 is 0 Å². The van der Waals surface area contributed by atoms with Gasteiger partial charge in [-0.3, -0.25) is 4.99 Å². The third-order valence-corrected chi connectivity index (χ3v) is 5.20. The van der Waals surface area contributed by atoms with Crippen LogP contribution < -0.4 is 10.6 Å². The summed E-state index contributed by atoms with van der Waals surface area (Å²) in [7, 11) is 0. The molecule has 0 heterocycles. The van der Waals surface area contributed by atoms with Gasteiger partial charge in [-0.15, -0.1) is 0 Å². The second-order valence-corrected chi connectivity index (χ2v) is 7.27. The van der Waals surface area contributed by atoms with Crippen LogP contribution in [0.4, 0.5) is 0 Å². The Morgan fingerprint density at radius 3 is 2.61 bits per heavy atom. The summed E-state index contributed by atoms with van der Waals surface area (Å²) in [4.78, 5) is 4.77. The summed E-state index contributed by atoms with van der Waals surface area (Å²) in [5.74, 6) is 1.55. The van der Waals surface area contributed by atoms with E-state index in [-0.39, 0.29) is 0 Å². The molecule has 0 aromatic heterocycles. The lowest BCUT2D eigenvalue weighted by Gasteiger charge is -2.26. The normalized spacial score (nSPS) is 22.1. The standard InChI is InChI=1S/C18H35N3O2/c1-3-18(9-5-6-10-18)14-21-17(19-4-2)20-11-16(22)13-23-12-15-7-8-15/h15-16,22H,3-14H2,1-2H3,(H2,19,20,21). The van der Waals surface area contributed by atoms with Gasteiger partial charge in [0.1, 0.15) is 0 Å². The molecule has 0 bridgehead atoms. The molecule has 0 aromatic carbocycles. The van der Waals surface area contributed by atoms with Crippen LogP contribution in [-0.2, 0) is 4.74 Å². The first-order valence-corrected chi connectivity index (χ1v) is 9.45. The summed E-state index contributed by atoms with van der Waals surface area (Å²) in [6, 6.07) is 0. The molecular formula is C18H35N3O2. The van der Waals surface area contributed by atoms with Crippen molar-refractivity contribution in [2.75, 3.05) is 32.8 Å². The Bertz CT molecular complexity index is 363. The molecule has 0 saturated heterocycles. The van der Waals surface area contributed by atoms with Crippen molar-refractivity contribution in [3.05, 3.63) is 0 Å². The van der Waals surface area contributed by atoms with Crippen molar-refractivity contribution >= 4 is 5.96 Å². The Kier molecular flexibility index (Phi) is 7.63. The van der Waals surface area contributed by atoms with E-state index in [1.54, 1.807) is 0 Å². The van der Waals surface area contributed by atoms with E-state index >= 15 is 0 Å². The number of aliphatic hydroxyl groups is 1. The predicted octanol–water partition coefficient (Wildman–Crippen LogP) is 2.30. The highest BCUT2D eigenvalue weighted by molar-refractivity contribution is 5.79. The molecule has 0 aromatic rings. The number of nitrogens with one attached hydrogen (secondary N) is 2. The molecule has 1 unspecified atom stereocenters.